The van der Waals surface area contributed by atoms with Crippen LogP contribution < -0.4 is 16.6 Å². The summed E-state index contributed by atoms with van der Waals surface area (Å²) >= 11 is 0. The number of ether oxygens (including phenoxy) is 1. The summed E-state index contributed by atoms with van der Waals surface area (Å²) < 4.78 is 5.02. The third-order valence-electron chi connectivity index (χ3n) is 2.77. The number of anilines is 2. The maximum atomic E-state index is 9.08. The Labute approximate surface area is 113 Å². The van der Waals surface area contributed by atoms with Crippen molar-refractivity contribution in [1.82, 2.24) is 9.97 Å². The van der Waals surface area contributed by atoms with Gasteiger partial charge in [-0.15, -0.1) is 0 Å². The Morgan fingerprint density at radius 3 is 2.58 bits per heavy atom. The Bertz CT molecular complexity index is 386. The van der Waals surface area contributed by atoms with Crippen molar-refractivity contribution in [2.75, 3.05) is 24.5 Å². The highest BCUT2D eigenvalue weighted by Crippen LogP contribution is 2.16. The van der Waals surface area contributed by atoms with E-state index in [0.717, 1.165) is 0 Å². The molecule has 19 heavy (non-hydrogen) atoms. The molecule has 108 valence electrons. The highest BCUT2D eigenvalue weighted by atomic mass is 16.5. The van der Waals surface area contributed by atoms with Gasteiger partial charge in [0.15, 0.2) is 5.82 Å². The van der Waals surface area contributed by atoms with E-state index in [1.807, 2.05) is 0 Å². The molecule has 0 saturated carbocycles. The molecule has 0 fully saturated rings. The monoisotopic (exact) mass is 269 g/mol. The molecular formula is C12H23N5O2. The first kappa shape index (κ1) is 15.6. The number of hydrazine groups is 1. The number of hydrogen-bond donors (Lipinski definition) is 4. The van der Waals surface area contributed by atoms with Crippen molar-refractivity contribution >= 4 is 11.6 Å². The summed E-state index contributed by atoms with van der Waals surface area (Å²) in [7, 11) is 1.59. The van der Waals surface area contributed by atoms with Crippen LogP contribution in [0.15, 0.2) is 6.07 Å². The summed E-state index contributed by atoms with van der Waals surface area (Å²) in [4.78, 5) is 8.53. The molecule has 7 nitrogen and oxygen atoms in total. The molecule has 0 aromatic carbocycles. The molecule has 1 aromatic heterocycles. The van der Waals surface area contributed by atoms with Crippen LogP contribution in [0.2, 0.25) is 0 Å². The van der Waals surface area contributed by atoms with Crippen LogP contribution in [-0.2, 0) is 11.3 Å². The van der Waals surface area contributed by atoms with Crippen LogP contribution >= 0.6 is 0 Å². The minimum Gasteiger partial charge on any atom is -0.396 e. The fourth-order valence-electron chi connectivity index (χ4n) is 1.74. The first-order chi connectivity index (χ1) is 9.10. The molecule has 0 aliphatic carbocycles. The van der Waals surface area contributed by atoms with Gasteiger partial charge in [0.2, 0.25) is 0 Å². The van der Waals surface area contributed by atoms with E-state index in [-0.39, 0.29) is 12.6 Å². The Hall–Kier alpha value is -1.44. The van der Waals surface area contributed by atoms with Crippen molar-refractivity contribution in [3.8, 4) is 0 Å². The zero-order valence-corrected chi connectivity index (χ0v) is 11.7. The Morgan fingerprint density at radius 1 is 1.37 bits per heavy atom. The Morgan fingerprint density at radius 2 is 2.05 bits per heavy atom. The van der Waals surface area contributed by atoms with Crippen molar-refractivity contribution in [2.24, 2.45) is 11.8 Å². The van der Waals surface area contributed by atoms with Crippen LogP contribution in [0.3, 0.4) is 0 Å². The van der Waals surface area contributed by atoms with Crippen molar-refractivity contribution in [3.05, 3.63) is 11.9 Å². The van der Waals surface area contributed by atoms with Gasteiger partial charge in [-0.05, 0) is 12.3 Å². The smallest absolute Gasteiger partial charge is 0.158 e. The van der Waals surface area contributed by atoms with Gasteiger partial charge in [-0.25, -0.2) is 15.8 Å². The number of nitrogens with two attached hydrogens (primary N) is 1. The highest BCUT2D eigenvalue weighted by molar-refractivity contribution is 5.47. The lowest BCUT2D eigenvalue weighted by molar-refractivity contribution is 0.178. The lowest BCUT2D eigenvalue weighted by Gasteiger charge is -2.22. The summed E-state index contributed by atoms with van der Waals surface area (Å²) in [6, 6.07) is 1.87. The molecule has 1 unspecified atom stereocenters. The quantitative estimate of drug-likeness (QED) is 0.407. The minimum absolute atomic E-state index is 0.133. The van der Waals surface area contributed by atoms with E-state index in [1.165, 1.54) is 0 Å². The molecule has 7 heteroatoms. The maximum absolute atomic E-state index is 9.08. The molecular weight excluding hydrogens is 246 g/mol. The average molecular weight is 269 g/mol. The van der Waals surface area contributed by atoms with Crippen LogP contribution in [0.4, 0.5) is 11.6 Å². The third-order valence-corrected chi connectivity index (χ3v) is 2.77. The van der Waals surface area contributed by atoms with E-state index >= 15 is 0 Å². The van der Waals surface area contributed by atoms with Gasteiger partial charge in [-0.2, -0.15) is 0 Å². The maximum Gasteiger partial charge on any atom is 0.158 e. The van der Waals surface area contributed by atoms with E-state index in [9.17, 15) is 0 Å². The van der Waals surface area contributed by atoms with E-state index in [4.69, 9.17) is 15.7 Å². The van der Waals surface area contributed by atoms with Crippen LogP contribution in [-0.4, -0.2) is 34.8 Å². The number of aliphatic hydroxyl groups is 1. The van der Waals surface area contributed by atoms with Crippen molar-refractivity contribution in [3.63, 3.8) is 0 Å². The standard InChI is InChI=1S/C12H23N5O2/c1-8(2)9(4-5-18)14-10-6-11(17-13)16-12(15-10)7-19-3/h6,8-9,18H,4-5,7,13H2,1-3H3,(H2,14,15,16,17). The summed E-state index contributed by atoms with van der Waals surface area (Å²) in [6.07, 6.45) is 0.659. The molecule has 1 rings (SSSR count). The topological polar surface area (TPSA) is 105 Å². The van der Waals surface area contributed by atoms with Crippen molar-refractivity contribution < 1.29 is 9.84 Å². The minimum atomic E-state index is 0.133. The molecule has 0 saturated heterocycles. The predicted octanol–water partition coefficient (Wildman–Crippen LogP) is 0.727. The SMILES string of the molecule is COCc1nc(NN)cc(NC(CCO)C(C)C)n1. The van der Waals surface area contributed by atoms with Gasteiger partial charge in [0, 0.05) is 25.8 Å². The number of aliphatic hydroxyl groups excluding tert-OH is 1. The zero-order valence-electron chi connectivity index (χ0n) is 11.7. The van der Waals surface area contributed by atoms with Gasteiger partial charge < -0.3 is 20.6 Å². The lowest BCUT2D eigenvalue weighted by Crippen LogP contribution is -2.27. The fourth-order valence-corrected chi connectivity index (χ4v) is 1.74. The Balaban J connectivity index is 2.88. The van der Waals surface area contributed by atoms with Crippen molar-refractivity contribution in [1.29, 1.82) is 0 Å². The second kappa shape index (κ2) is 7.88. The van der Waals surface area contributed by atoms with Gasteiger partial charge in [0.1, 0.15) is 18.2 Å². The summed E-state index contributed by atoms with van der Waals surface area (Å²) in [5.41, 5.74) is 2.50. The van der Waals surface area contributed by atoms with Crippen molar-refractivity contribution in [2.45, 2.75) is 32.9 Å². The van der Waals surface area contributed by atoms with Gasteiger partial charge >= 0.3 is 0 Å². The van der Waals surface area contributed by atoms with E-state index in [2.05, 4.69) is 34.6 Å². The molecule has 0 spiro atoms. The molecule has 5 N–H and O–H groups in total. The van der Waals surface area contributed by atoms with Gasteiger partial charge in [0.05, 0.1) is 0 Å². The van der Waals surface area contributed by atoms with Crippen LogP contribution in [0.25, 0.3) is 0 Å². The van der Waals surface area contributed by atoms with E-state index in [0.29, 0.717) is 36.4 Å². The molecule has 1 heterocycles. The summed E-state index contributed by atoms with van der Waals surface area (Å²) in [5.74, 6) is 7.50. The van der Waals surface area contributed by atoms with Gasteiger partial charge in [-0.3, -0.25) is 0 Å². The summed E-state index contributed by atoms with van der Waals surface area (Å²) in [5, 5.41) is 12.4. The second-order valence-corrected chi connectivity index (χ2v) is 4.64. The summed E-state index contributed by atoms with van der Waals surface area (Å²) in [6.45, 7) is 4.63. The van der Waals surface area contributed by atoms with E-state index in [1.54, 1.807) is 13.2 Å². The number of hydrogen-bond acceptors (Lipinski definition) is 7. The lowest BCUT2D eigenvalue weighted by atomic mass is 10.0. The van der Waals surface area contributed by atoms with Crippen LogP contribution in [0, 0.1) is 5.92 Å². The first-order valence-electron chi connectivity index (χ1n) is 6.31. The van der Waals surface area contributed by atoms with Crippen LogP contribution in [0.1, 0.15) is 26.1 Å². The molecule has 0 aliphatic heterocycles. The molecule has 0 aliphatic rings. The number of rotatable bonds is 8. The van der Waals surface area contributed by atoms with Gasteiger partial charge in [-0.1, -0.05) is 13.8 Å². The molecule has 1 aromatic rings. The Kier molecular flexibility index (Phi) is 6.48. The molecule has 0 bridgehead atoms. The number of nitrogen functional groups attached to an aromatic ring is 1. The third kappa shape index (κ3) is 4.98. The molecule has 0 amide bonds. The second-order valence-electron chi connectivity index (χ2n) is 4.64. The number of methoxy groups -OCH3 is 1. The van der Waals surface area contributed by atoms with E-state index < -0.39 is 0 Å². The van der Waals surface area contributed by atoms with Crippen LogP contribution in [0.5, 0.6) is 0 Å². The zero-order chi connectivity index (χ0) is 14.3. The fraction of sp³-hybridized carbons (Fsp3) is 0.667. The normalized spacial score (nSPS) is 12.5. The largest absolute Gasteiger partial charge is 0.396 e. The first-order valence-corrected chi connectivity index (χ1v) is 6.31. The number of nitrogens with one attached hydrogen (secondary N) is 2. The average Bonchev–Trinajstić information content (AvgIpc) is 2.38. The highest BCUT2D eigenvalue weighted by Gasteiger charge is 2.14. The predicted molar refractivity (Wildman–Crippen MR) is 74.5 cm³/mol. The molecule has 0 radical (unpaired) electrons. The number of aromatic nitrogens is 2. The number of nitrogens with zero attached hydrogens (tertiary/aromatic N) is 2. The molecule has 1 atom stereocenters. The van der Waals surface area contributed by atoms with Gasteiger partial charge in [0.25, 0.3) is 0 Å².